The van der Waals surface area contributed by atoms with E-state index in [2.05, 4.69) is 5.32 Å². The van der Waals surface area contributed by atoms with Gasteiger partial charge >= 0.3 is 5.97 Å². The van der Waals surface area contributed by atoms with E-state index >= 15 is 0 Å². The highest BCUT2D eigenvalue weighted by atomic mass is 127. The van der Waals surface area contributed by atoms with Gasteiger partial charge in [-0.15, -0.1) is 0 Å². The van der Waals surface area contributed by atoms with Crippen LogP contribution in [0.25, 0.3) is 0 Å². The van der Waals surface area contributed by atoms with Crippen LogP contribution in [-0.2, 0) is 4.79 Å². The topological polar surface area (TPSA) is 86.6 Å². The number of carbonyl (C=O) groups excluding carboxylic acids is 1. The molecule has 0 saturated heterocycles. The van der Waals surface area contributed by atoms with Crippen molar-refractivity contribution in [2.75, 3.05) is 0 Å². The summed E-state index contributed by atoms with van der Waals surface area (Å²) < 4.78 is 0.806. The van der Waals surface area contributed by atoms with Crippen molar-refractivity contribution < 1.29 is 19.8 Å². The van der Waals surface area contributed by atoms with Gasteiger partial charge in [-0.3, -0.25) is 4.79 Å². The van der Waals surface area contributed by atoms with Crippen LogP contribution in [0.5, 0.6) is 5.75 Å². The van der Waals surface area contributed by atoms with Gasteiger partial charge in [0, 0.05) is 3.57 Å². The van der Waals surface area contributed by atoms with Crippen molar-refractivity contribution >= 4 is 34.5 Å². The Kier molecular flexibility index (Phi) is 5.08. The summed E-state index contributed by atoms with van der Waals surface area (Å²) in [4.78, 5) is 24.0. The fraction of sp³-hybridized carbons (Fsp3) is 0.467. The Labute approximate surface area is 136 Å². The highest BCUT2D eigenvalue weighted by Crippen LogP contribution is 2.29. The van der Waals surface area contributed by atoms with E-state index in [1.165, 1.54) is 6.07 Å². The Hall–Kier alpha value is -1.31. The first-order valence-corrected chi connectivity index (χ1v) is 8.07. The highest BCUT2D eigenvalue weighted by molar-refractivity contribution is 14.1. The Morgan fingerprint density at radius 2 is 1.76 bits per heavy atom. The van der Waals surface area contributed by atoms with Crippen LogP contribution in [-0.4, -0.2) is 27.6 Å². The molecule has 1 aliphatic carbocycles. The molecule has 1 aromatic carbocycles. The number of halogens is 1. The van der Waals surface area contributed by atoms with Gasteiger partial charge in [-0.05, 0) is 53.6 Å². The third-order valence-corrected chi connectivity index (χ3v) is 4.59. The van der Waals surface area contributed by atoms with Gasteiger partial charge in [0.15, 0.2) is 0 Å². The molecule has 1 amide bonds. The van der Waals surface area contributed by atoms with Crippen molar-refractivity contribution in [3.63, 3.8) is 0 Å². The summed E-state index contributed by atoms with van der Waals surface area (Å²) in [7, 11) is 0. The Morgan fingerprint density at radius 1 is 1.14 bits per heavy atom. The molecular weight excluding hydrogens is 385 g/mol. The predicted molar refractivity (Wildman–Crippen MR) is 86.4 cm³/mol. The number of carboxylic acid groups (broad SMARTS) is 1. The molecular formula is C15H18INO4. The average Bonchev–Trinajstić information content (AvgIpc) is 2.68. The van der Waals surface area contributed by atoms with E-state index < -0.39 is 17.4 Å². The van der Waals surface area contributed by atoms with Crippen molar-refractivity contribution in [2.24, 2.45) is 0 Å². The first-order valence-electron chi connectivity index (χ1n) is 6.99. The lowest BCUT2D eigenvalue weighted by molar-refractivity contribution is -0.145. The second-order valence-corrected chi connectivity index (χ2v) is 6.66. The molecule has 0 heterocycles. The molecule has 0 unspecified atom stereocenters. The summed E-state index contributed by atoms with van der Waals surface area (Å²) in [5.74, 6) is -1.67. The van der Waals surface area contributed by atoms with Crippen LogP contribution in [0.2, 0.25) is 0 Å². The molecule has 5 nitrogen and oxygen atoms in total. The lowest BCUT2D eigenvalue weighted by atomic mass is 9.89. The number of benzene rings is 1. The van der Waals surface area contributed by atoms with E-state index in [1.54, 1.807) is 12.1 Å². The minimum Gasteiger partial charge on any atom is -0.507 e. The molecule has 0 aromatic heterocycles. The quantitative estimate of drug-likeness (QED) is 0.535. The molecule has 0 bridgehead atoms. The molecule has 6 heteroatoms. The van der Waals surface area contributed by atoms with Crippen LogP contribution in [0, 0.1) is 3.57 Å². The number of nitrogens with one attached hydrogen (secondary N) is 1. The summed E-state index contributed by atoms with van der Waals surface area (Å²) in [6.07, 6.45) is 4.39. The molecule has 2 rings (SSSR count). The number of aliphatic carboxylic acids is 1. The molecule has 1 aromatic rings. The maximum Gasteiger partial charge on any atom is 0.329 e. The molecule has 0 radical (unpaired) electrons. The molecule has 21 heavy (non-hydrogen) atoms. The maximum atomic E-state index is 12.4. The lowest BCUT2D eigenvalue weighted by Gasteiger charge is -2.29. The molecule has 0 spiro atoms. The van der Waals surface area contributed by atoms with Crippen LogP contribution in [0.4, 0.5) is 0 Å². The Balaban J connectivity index is 2.26. The van der Waals surface area contributed by atoms with Gasteiger partial charge in [0.1, 0.15) is 11.3 Å². The summed E-state index contributed by atoms with van der Waals surface area (Å²) in [5, 5.41) is 22.0. The predicted octanol–water partition coefficient (Wildman–Crippen LogP) is 2.90. The number of carbonyl (C=O) groups is 2. The van der Waals surface area contributed by atoms with Crippen molar-refractivity contribution in [1.29, 1.82) is 0 Å². The first kappa shape index (κ1) is 16.1. The number of phenols is 1. The smallest absolute Gasteiger partial charge is 0.329 e. The zero-order valence-electron chi connectivity index (χ0n) is 11.6. The van der Waals surface area contributed by atoms with Gasteiger partial charge in [0.05, 0.1) is 5.56 Å². The van der Waals surface area contributed by atoms with E-state index in [4.69, 9.17) is 0 Å². The number of carboxylic acids is 1. The minimum atomic E-state index is -1.22. The molecule has 1 saturated carbocycles. The standard InChI is InChI=1S/C15H18INO4/c16-10-5-6-12(18)11(9-10)13(19)17-15(14(20)21)7-3-1-2-4-8-15/h5-6,9,18H,1-4,7-8H2,(H,17,19)(H,20,21). The molecule has 0 aliphatic heterocycles. The number of aromatic hydroxyl groups is 1. The van der Waals surface area contributed by atoms with Crippen LogP contribution >= 0.6 is 22.6 Å². The van der Waals surface area contributed by atoms with Crippen LogP contribution in [0.3, 0.4) is 0 Å². The maximum absolute atomic E-state index is 12.4. The average molecular weight is 403 g/mol. The number of hydrogen-bond acceptors (Lipinski definition) is 3. The van der Waals surface area contributed by atoms with Crippen molar-refractivity contribution in [1.82, 2.24) is 5.32 Å². The third kappa shape index (κ3) is 3.66. The minimum absolute atomic E-state index is 0.117. The van der Waals surface area contributed by atoms with Crippen LogP contribution < -0.4 is 5.32 Å². The zero-order chi connectivity index (χ0) is 15.5. The second-order valence-electron chi connectivity index (χ2n) is 5.42. The Morgan fingerprint density at radius 3 is 2.33 bits per heavy atom. The monoisotopic (exact) mass is 403 g/mol. The number of rotatable bonds is 3. The molecule has 0 atom stereocenters. The van der Waals surface area contributed by atoms with Crippen LogP contribution in [0.1, 0.15) is 48.9 Å². The zero-order valence-corrected chi connectivity index (χ0v) is 13.7. The fourth-order valence-electron chi connectivity index (χ4n) is 2.70. The molecule has 1 aliphatic rings. The SMILES string of the molecule is O=C(NC1(C(=O)O)CCCCCC1)c1cc(I)ccc1O. The van der Waals surface area contributed by atoms with Gasteiger partial charge in [0.2, 0.25) is 0 Å². The van der Waals surface area contributed by atoms with Gasteiger partial charge < -0.3 is 15.5 Å². The number of amides is 1. The summed E-state index contributed by atoms with van der Waals surface area (Å²) in [6.45, 7) is 0. The summed E-state index contributed by atoms with van der Waals surface area (Å²) in [6, 6.07) is 4.68. The third-order valence-electron chi connectivity index (χ3n) is 3.92. The second kappa shape index (κ2) is 6.64. The largest absolute Gasteiger partial charge is 0.507 e. The lowest BCUT2D eigenvalue weighted by Crippen LogP contribution is -2.54. The van der Waals surface area contributed by atoms with Crippen molar-refractivity contribution in [3.05, 3.63) is 27.3 Å². The first-order chi connectivity index (χ1) is 9.94. The van der Waals surface area contributed by atoms with E-state index in [-0.39, 0.29) is 11.3 Å². The van der Waals surface area contributed by atoms with E-state index in [0.29, 0.717) is 12.8 Å². The molecule has 114 valence electrons. The molecule has 1 fully saturated rings. The number of phenolic OH excluding ortho intramolecular Hbond substituents is 1. The molecule has 3 N–H and O–H groups in total. The van der Waals surface area contributed by atoms with Crippen molar-refractivity contribution in [3.8, 4) is 5.75 Å². The highest BCUT2D eigenvalue weighted by Gasteiger charge is 2.40. The van der Waals surface area contributed by atoms with Gasteiger partial charge in [0.25, 0.3) is 5.91 Å². The van der Waals surface area contributed by atoms with E-state index in [9.17, 15) is 19.8 Å². The summed E-state index contributed by atoms with van der Waals surface area (Å²) in [5.41, 5.74) is -1.10. The number of hydrogen-bond donors (Lipinski definition) is 3. The summed E-state index contributed by atoms with van der Waals surface area (Å²) >= 11 is 2.04. The normalized spacial score (nSPS) is 17.8. The van der Waals surface area contributed by atoms with Gasteiger partial charge in [-0.25, -0.2) is 4.79 Å². The van der Waals surface area contributed by atoms with Crippen LogP contribution in [0.15, 0.2) is 18.2 Å². The fourth-order valence-corrected chi connectivity index (χ4v) is 3.19. The van der Waals surface area contributed by atoms with E-state index in [0.717, 1.165) is 29.3 Å². The van der Waals surface area contributed by atoms with Crippen molar-refractivity contribution in [2.45, 2.75) is 44.1 Å². The van der Waals surface area contributed by atoms with Gasteiger partial charge in [-0.1, -0.05) is 25.7 Å². The Bertz CT molecular complexity index is 551. The van der Waals surface area contributed by atoms with E-state index in [1.807, 2.05) is 22.6 Å². The van der Waals surface area contributed by atoms with Gasteiger partial charge in [-0.2, -0.15) is 0 Å².